The van der Waals surface area contributed by atoms with Crippen molar-refractivity contribution < 1.29 is 58.2 Å². The second-order valence-corrected chi connectivity index (χ2v) is 20.2. The molecule has 12 nitrogen and oxygen atoms in total. The molecule has 3 N–H and O–H groups in total. The lowest BCUT2D eigenvalue weighted by molar-refractivity contribution is -0.301. The third-order valence-electron chi connectivity index (χ3n) is 13.2. The van der Waals surface area contributed by atoms with Gasteiger partial charge < -0.3 is 39.0 Å². The summed E-state index contributed by atoms with van der Waals surface area (Å²) in [7, 11) is 0. The van der Waals surface area contributed by atoms with E-state index in [4.69, 9.17) is 23.7 Å². The summed E-state index contributed by atoms with van der Waals surface area (Å²) in [6.45, 7) is 5.81. The highest BCUT2D eigenvalue weighted by molar-refractivity contribution is 5.74. The molecular weight excluding hydrogens is 949 g/mol. The average Bonchev–Trinajstić information content (AvgIpc) is 3.39. The van der Waals surface area contributed by atoms with Crippen molar-refractivity contribution in [1.82, 2.24) is 0 Å². The van der Waals surface area contributed by atoms with Crippen LogP contribution in [0.3, 0.4) is 0 Å². The van der Waals surface area contributed by atoms with E-state index in [-0.39, 0.29) is 25.9 Å². The van der Waals surface area contributed by atoms with Crippen LogP contribution in [-0.2, 0) is 42.9 Å². The highest BCUT2D eigenvalue weighted by atomic mass is 16.7. The Morgan fingerprint density at radius 2 is 0.840 bits per heavy atom. The number of aliphatic hydroxyl groups is 2. The Labute approximate surface area is 455 Å². The van der Waals surface area contributed by atoms with Crippen molar-refractivity contribution in [2.24, 2.45) is 0 Å². The minimum Gasteiger partial charge on any atom is -0.479 e. The molecule has 1 saturated heterocycles. The molecule has 1 aliphatic heterocycles. The second kappa shape index (κ2) is 50.9. The number of carboxylic acids is 1. The molecular formula is C63H106O12. The molecule has 0 saturated carbocycles. The van der Waals surface area contributed by atoms with Gasteiger partial charge in [-0.1, -0.05) is 196 Å². The highest BCUT2D eigenvalue weighted by Gasteiger charge is 2.50. The fourth-order valence-electron chi connectivity index (χ4n) is 8.64. The van der Waals surface area contributed by atoms with Crippen LogP contribution in [0, 0.1) is 0 Å². The number of aliphatic hydroxyl groups excluding tert-OH is 2. The van der Waals surface area contributed by atoms with Gasteiger partial charge in [0.05, 0.1) is 6.61 Å². The zero-order chi connectivity index (χ0) is 54.7. The van der Waals surface area contributed by atoms with Crippen LogP contribution in [-0.4, -0.2) is 89.2 Å². The van der Waals surface area contributed by atoms with E-state index in [9.17, 15) is 34.5 Å². The van der Waals surface area contributed by atoms with Crippen LogP contribution in [0.25, 0.3) is 0 Å². The van der Waals surface area contributed by atoms with Gasteiger partial charge in [-0.15, -0.1) is 0 Å². The van der Waals surface area contributed by atoms with Gasteiger partial charge in [-0.2, -0.15) is 0 Å². The summed E-state index contributed by atoms with van der Waals surface area (Å²) < 4.78 is 28.4. The van der Waals surface area contributed by atoms with E-state index in [1.807, 2.05) is 0 Å². The largest absolute Gasteiger partial charge is 0.479 e. The molecule has 0 aromatic rings. The smallest absolute Gasteiger partial charge is 0.335 e. The Balaban J connectivity index is 2.68. The van der Waals surface area contributed by atoms with E-state index in [2.05, 4.69) is 93.7 Å². The summed E-state index contributed by atoms with van der Waals surface area (Å²) in [4.78, 5) is 51.1. The van der Waals surface area contributed by atoms with Crippen LogP contribution in [0.4, 0.5) is 0 Å². The van der Waals surface area contributed by atoms with E-state index in [1.54, 1.807) is 0 Å². The molecule has 0 amide bonds. The third kappa shape index (κ3) is 41.0. The zero-order valence-corrected chi connectivity index (χ0v) is 47.3. The minimum absolute atomic E-state index is 0.0503. The van der Waals surface area contributed by atoms with Crippen molar-refractivity contribution in [2.75, 3.05) is 13.2 Å². The summed E-state index contributed by atoms with van der Waals surface area (Å²) in [6, 6.07) is 0. The van der Waals surface area contributed by atoms with E-state index in [1.165, 1.54) is 77.0 Å². The van der Waals surface area contributed by atoms with Crippen molar-refractivity contribution >= 4 is 23.9 Å². The Bertz CT molecular complexity index is 1580. The van der Waals surface area contributed by atoms with Crippen molar-refractivity contribution in [3.8, 4) is 0 Å². The number of ether oxygens (including phenoxy) is 5. The van der Waals surface area contributed by atoms with Crippen LogP contribution in [0.2, 0.25) is 0 Å². The van der Waals surface area contributed by atoms with E-state index in [0.29, 0.717) is 19.3 Å². The topological polar surface area (TPSA) is 175 Å². The molecule has 1 heterocycles. The Morgan fingerprint density at radius 1 is 0.453 bits per heavy atom. The molecule has 1 fully saturated rings. The Morgan fingerprint density at radius 3 is 1.33 bits per heavy atom. The number of hydrogen-bond acceptors (Lipinski definition) is 11. The van der Waals surface area contributed by atoms with Crippen LogP contribution in [0.5, 0.6) is 0 Å². The maximum Gasteiger partial charge on any atom is 0.335 e. The first-order chi connectivity index (χ1) is 36.6. The van der Waals surface area contributed by atoms with Crippen molar-refractivity contribution in [3.05, 3.63) is 72.9 Å². The van der Waals surface area contributed by atoms with E-state index < -0.39 is 67.3 Å². The normalized spacial score (nSPS) is 18.7. The first-order valence-electron chi connectivity index (χ1n) is 29.9. The summed E-state index contributed by atoms with van der Waals surface area (Å²) in [5.74, 6) is -3.17. The number of allylic oxidation sites excluding steroid dienone is 12. The quantitative estimate of drug-likeness (QED) is 0.0228. The maximum absolute atomic E-state index is 13.1. The number of carbonyl (C=O) groups excluding carboxylic acids is 3. The van der Waals surface area contributed by atoms with Gasteiger partial charge in [0.2, 0.25) is 0 Å². The van der Waals surface area contributed by atoms with Crippen molar-refractivity contribution in [3.63, 3.8) is 0 Å². The molecule has 0 spiro atoms. The zero-order valence-electron chi connectivity index (χ0n) is 47.3. The van der Waals surface area contributed by atoms with Crippen LogP contribution >= 0.6 is 0 Å². The second-order valence-electron chi connectivity index (χ2n) is 20.2. The van der Waals surface area contributed by atoms with Gasteiger partial charge >= 0.3 is 23.9 Å². The third-order valence-corrected chi connectivity index (χ3v) is 13.2. The summed E-state index contributed by atoms with van der Waals surface area (Å²) >= 11 is 0. The molecule has 6 atom stereocenters. The van der Waals surface area contributed by atoms with Crippen LogP contribution in [0.1, 0.15) is 252 Å². The van der Waals surface area contributed by atoms with Crippen molar-refractivity contribution in [1.29, 1.82) is 0 Å². The minimum atomic E-state index is -1.91. The Kier molecular flexibility index (Phi) is 47.0. The monoisotopic (exact) mass is 1050 g/mol. The SMILES string of the molecule is CC/C=C\C/C=C\C/C=C\CCCCCC(=O)OCC(COC1OC(C(=O)O)C(O)C(O)C1OC(=O)CCCCCCCCCCC/C=C\C/C=C\CCCCC)OC(=O)CCCCCCC/C=C\CCCCCC. The first-order valence-corrected chi connectivity index (χ1v) is 29.9. The van der Waals surface area contributed by atoms with Gasteiger partial charge in [0, 0.05) is 19.3 Å². The maximum atomic E-state index is 13.1. The molecule has 0 aliphatic carbocycles. The molecule has 1 rings (SSSR count). The molecule has 1 aliphatic rings. The van der Waals surface area contributed by atoms with Crippen molar-refractivity contribution in [2.45, 2.75) is 289 Å². The summed E-state index contributed by atoms with van der Waals surface area (Å²) in [5.41, 5.74) is 0. The summed E-state index contributed by atoms with van der Waals surface area (Å²) in [6.07, 6.45) is 51.6. The van der Waals surface area contributed by atoms with Gasteiger partial charge in [0.15, 0.2) is 24.6 Å². The standard InChI is InChI=1S/C63H106O12/c1-4-7-10-13-16-19-22-25-26-27-28-29-30-33-36-39-42-45-48-51-57(66)74-61-59(68)58(67)60(62(69)70)75-63(61)72-53-54(73-56(65)50-47-44-41-38-35-32-24-21-18-15-12-9-6-3)52-71-55(64)49-46-43-40-37-34-31-23-20-17-14-11-8-5-2/h8,11,16-17,19-21,24-26,31,34,54,58-61,63,67-68H,4-7,9-10,12-15,18,22-23,27-30,32-33,35-53H2,1-3H3,(H,69,70)/b11-8-,19-16-,20-17-,24-21-,26-25-,34-31-. The van der Waals surface area contributed by atoms with Crippen LogP contribution < -0.4 is 0 Å². The first kappa shape index (κ1) is 69.2. The number of rotatable bonds is 50. The number of aliphatic carboxylic acids is 1. The van der Waals surface area contributed by atoms with Crippen LogP contribution in [0.15, 0.2) is 72.9 Å². The van der Waals surface area contributed by atoms with Gasteiger partial charge in [-0.3, -0.25) is 14.4 Å². The molecule has 0 radical (unpaired) electrons. The van der Waals surface area contributed by atoms with E-state index in [0.717, 1.165) is 116 Å². The number of unbranched alkanes of at least 4 members (excludes halogenated alkanes) is 24. The molecule has 430 valence electrons. The van der Waals surface area contributed by atoms with Gasteiger partial charge in [0.1, 0.15) is 18.8 Å². The fraction of sp³-hybridized carbons (Fsp3) is 0.746. The number of esters is 3. The van der Waals surface area contributed by atoms with Gasteiger partial charge in [0.25, 0.3) is 0 Å². The molecule has 0 aromatic carbocycles. The molecule has 0 aromatic heterocycles. The molecule has 75 heavy (non-hydrogen) atoms. The molecule has 0 bridgehead atoms. The number of carbonyl (C=O) groups is 4. The van der Waals surface area contributed by atoms with Gasteiger partial charge in [-0.05, 0) is 109 Å². The predicted octanol–water partition coefficient (Wildman–Crippen LogP) is 15.3. The Hall–Kier alpha value is -3.84. The predicted molar refractivity (Wildman–Crippen MR) is 303 cm³/mol. The highest BCUT2D eigenvalue weighted by Crippen LogP contribution is 2.26. The lowest BCUT2D eigenvalue weighted by atomic mass is 9.98. The fourth-order valence-corrected chi connectivity index (χ4v) is 8.64. The average molecular weight is 1060 g/mol. The van der Waals surface area contributed by atoms with Gasteiger partial charge in [-0.25, -0.2) is 4.79 Å². The number of hydrogen-bond donors (Lipinski definition) is 3. The lowest BCUT2D eigenvalue weighted by Crippen LogP contribution is -2.61. The summed E-state index contributed by atoms with van der Waals surface area (Å²) in [5, 5.41) is 31.5. The molecule has 6 unspecified atom stereocenters. The molecule has 12 heteroatoms. The lowest BCUT2D eigenvalue weighted by Gasteiger charge is -2.40. The number of carboxylic acid groups (broad SMARTS) is 1. The van der Waals surface area contributed by atoms with E-state index >= 15 is 0 Å².